The van der Waals surface area contributed by atoms with Gasteiger partial charge in [-0.25, -0.2) is 4.79 Å². The third kappa shape index (κ3) is 3.77. The molecule has 2 heterocycles. The second kappa shape index (κ2) is 7.79. The number of thioether (sulfide) groups is 1. The zero-order valence-corrected chi connectivity index (χ0v) is 18.0. The van der Waals surface area contributed by atoms with Gasteiger partial charge in [0.1, 0.15) is 10.6 Å². The predicted octanol–water partition coefficient (Wildman–Crippen LogP) is 6.01. The van der Waals surface area contributed by atoms with Gasteiger partial charge in [0.05, 0.1) is 0 Å². The maximum absolute atomic E-state index is 12.7. The number of hydrogen-bond donors (Lipinski definition) is 3. The van der Waals surface area contributed by atoms with Crippen LogP contribution in [0.3, 0.4) is 0 Å². The summed E-state index contributed by atoms with van der Waals surface area (Å²) in [6.07, 6.45) is 0. The summed E-state index contributed by atoms with van der Waals surface area (Å²) in [6, 6.07) is 12.6. The van der Waals surface area contributed by atoms with E-state index in [9.17, 15) is 14.7 Å². The van der Waals surface area contributed by atoms with Gasteiger partial charge < -0.3 is 15.7 Å². The molecule has 5 nitrogen and oxygen atoms in total. The number of fused-ring (bicyclic) bond motifs is 1. The Morgan fingerprint density at radius 1 is 1.18 bits per heavy atom. The van der Waals surface area contributed by atoms with Crippen LogP contribution in [-0.4, -0.2) is 22.4 Å². The van der Waals surface area contributed by atoms with E-state index in [-0.39, 0.29) is 11.5 Å². The summed E-state index contributed by atoms with van der Waals surface area (Å²) in [5, 5.41) is 17.7. The van der Waals surface area contributed by atoms with Crippen LogP contribution in [0.5, 0.6) is 0 Å². The number of hydrogen-bond acceptors (Lipinski definition) is 5. The van der Waals surface area contributed by atoms with Crippen molar-refractivity contribution in [3.8, 4) is 11.1 Å². The Labute approximate surface area is 182 Å². The third-order valence-corrected chi connectivity index (χ3v) is 6.91. The number of aromatic carboxylic acids is 1. The number of thiophene rings is 1. The maximum Gasteiger partial charge on any atom is 0.339 e. The number of anilines is 2. The number of amides is 1. The molecular formula is C19H12BrClN2O3S2. The minimum absolute atomic E-state index is 0.0731. The standard InChI is InChI=1S/C19H12BrClN2O3S2/c20-10-3-6-13-14(7-10)28-18(22-13)16(24)23-17-15(19(25)26)12(8-27-17)9-1-4-11(21)5-2-9/h1-8,18,22H,(H,23,24)(H,25,26). The largest absolute Gasteiger partial charge is 0.478 e. The molecule has 1 aliphatic heterocycles. The molecule has 3 N–H and O–H groups in total. The van der Waals surface area contributed by atoms with Crippen molar-refractivity contribution in [2.45, 2.75) is 10.3 Å². The Morgan fingerprint density at radius 2 is 1.93 bits per heavy atom. The molecule has 0 fully saturated rings. The minimum Gasteiger partial charge on any atom is -0.478 e. The van der Waals surface area contributed by atoms with Crippen LogP contribution in [0.15, 0.2) is 57.2 Å². The number of nitrogens with one attached hydrogen (secondary N) is 2. The molecule has 1 aromatic heterocycles. The second-order valence-electron chi connectivity index (χ2n) is 5.94. The van der Waals surface area contributed by atoms with Crippen molar-refractivity contribution < 1.29 is 14.7 Å². The minimum atomic E-state index is -1.10. The topological polar surface area (TPSA) is 78.4 Å². The van der Waals surface area contributed by atoms with Crippen LogP contribution in [0.25, 0.3) is 11.1 Å². The smallest absolute Gasteiger partial charge is 0.339 e. The zero-order valence-electron chi connectivity index (χ0n) is 14.0. The summed E-state index contributed by atoms with van der Waals surface area (Å²) < 4.78 is 0.931. The Hall–Kier alpha value is -2.00. The van der Waals surface area contributed by atoms with Gasteiger partial charge in [0.25, 0.3) is 5.91 Å². The highest BCUT2D eigenvalue weighted by Gasteiger charge is 2.30. The van der Waals surface area contributed by atoms with Gasteiger partial charge in [-0.05, 0) is 35.9 Å². The van der Waals surface area contributed by atoms with Crippen molar-refractivity contribution in [3.63, 3.8) is 0 Å². The van der Waals surface area contributed by atoms with Gasteiger partial charge in [-0.3, -0.25) is 4.79 Å². The summed E-state index contributed by atoms with van der Waals surface area (Å²) in [4.78, 5) is 25.5. The molecule has 1 unspecified atom stereocenters. The number of carbonyl (C=O) groups is 2. The van der Waals surface area contributed by atoms with Gasteiger partial charge in [-0.1, -0.05) is 51.4 Å². The Kier molecular flexibility index (Phi) is 5.37. The molecule has 0 saturated heterocycles. The lowest BCUT2D eigenvalue weighted by atomic mass is 10.0. The van der Waals surface area contributed by atoms with Gasteiger partial charge in [-0.2, -0.15) is 0 Å². The van der Waals surface area contributed by atoms with E-state index >= 15 is 0 Å². The van der Waals surface area contributed by atoms with Crippen LogP contribution >= 0.6 is 50.6 Å². The lowest BCUT2D eigenvalue weighted by Crippen LogP contribution is -2.29. The highest BCUT2D eigenvalue weighted by molar-refractivity contribution is 9.10. The van der Waals surface area contributed by atoms with Gasteiger partial charge in [0, 0.05) is 31.0 Å². The van der Waals surface area contributed by atoms with Crippen LogP contribution in [0.4, 0.5) is 10.7 Å². The van der Waals surface area contributed by atoms with Crippen molar-refractivity contribution in [2.24, 2.45) is 0 Å². The fourth-order valence-corrected chi connectivity index (χ4v) is 5.47. The number of benzene rings is 2. The van der Waals surface area contributed by atoms with Gasteiger partial charge >= 0.3 is 5.97 Å². The molecule has 0 bridgehead atoms. The first-order chi connectivity index (χ1) is 13.4. The van der Waals surface area contributed by atoms with Crippen LogP contribution in [0.2, 0.25) is 5.02 Å². The van der Waals surface area contributed by atoms with E-state index in [1.165, 1.54) is 23.1 Å². The molecule has 0 radical (unpaired) electrons. The van der Waals surface area contributed by atoms with Gasteiger partial charge in [0.2, 0.25) is 0 Å². The van der Waals surface area contributed by atoms with Crippen LogP contribution in [0, 0.1) is 0 Å². The molecule has 1 atom stereocenters. The predicted molar refractivity (Wildman–Crippen MR) is 118 cm³/mol. The summed E-state index contributed by atoms with van der Waals surface area (Å²) in [6.45, 7) is 0. The summed E-state index contributed by atoms with van der Waals surface area (Å²) >= 11 is 11.9. The zero-order chi connectivity index (χ0) is 19.8. The first-order valence-electron chi connectivity index (χ1n) is 8.06. The van der Waals surface area contributed by atoms with E-state index in [0.29, 0.717) is 15.6 Å². The summed E-state index contributed by atoms with van der Waals surface area (Å²) in [7, 11) is 0. The van der Waals surface area contributed by atoms with E-state index in [0.717, 1.165) is 20.6 Å². The number of carboxylic acids is 1. The highest BCUT2D eigenvalue weighted by atomic mass is 79.9. The first kappa shape index (κ1) is 19.3. The van der Waals surface area contributed by atoms with Crippen molar-refractivity contribution in [2.75, 3.05) is 10.6 Å². The fourth-order valence-electron chi connectivity index (χ4n) is 2.81. The molecule has 3 aromatic rings. The summed E-state index contributed by atoms with van der Waals surface area (Å²) in [5.74, 6) is -1.40. The number of carboxylic acid groups (broad SMARTS) is 1. The lowest BCUT2D eigenvalue weighted by Gasteiger charge is -2.11. The highest BCUT2D eigenvalue weighted by Crippen LogP contribution is 2.41. The van der Waals surface area contributed by atoms with Gasteiger partial charge in [0.15, 0.2) is 5.37 Å². The average Bonchev–Trinajstić information content (AvgIpc) is 3.26. The van der Waals surface area contributed by atoms with Crippen LogP contribution in [-0.2, 0) is 4.79 Å². The van der Waals surface area contributed by atoms with Crippen molar-refractivity contribution in [1.29, 1.82) is 0 Å². The molecular weight excluding hydrogens is 484 g/mol. The van der Waals surface area contributed by atoms with E-state index in [1.807, 2.05) is 18.2 Å². The SMILES string of the molecule is O=C(O)c1c(-c2ccc(Cl)cc2)csc1NC(=O)C1Nc2ccc(Br)cc2S1. The monoisotopic (exact) mass is 494 g/mol. The molecule has 1 amide bonds. The number of halogens is 2. The van der Waals surface area contributed by atoms with E-state index in [4.69, 9.17) is 11.6 Å². The molecule has 1 aliphatic rings. The number of rotatable bonds is 4. The summed E-state index contributed by atoms with van der Waals surface area (Å²) in [5.41, 5.74) is 2.22. The Bertz CT molecular complexity index is 1090. The molecule has 2 aromatic carbocycles. The molecule has 0 spiro atoms. The Morgan fingerprint density at radius 3 is 2.64 bits per heavy atom. The van der Waals surface area contributed by atoms with Crippen LogP contribution in [0.1, 0.15) is 10.4 Å². The quantitative estimate of drug-likeness (QED) is 0.413. The van der Waals surface area contributed by atoms with E-state index in [2.05, 4.69) is 26.6 Å². The normalized spacial score (nSPS) is 15.0. The van der Waals surface area contributed by atoms with Crippen molar-refractivity contribution >= 4 is 73.2 Å². The Balaban J connectivity index is 1.58. The third-order valence-electron chi connectivity index (χ3n) is 4.11. The molecule has 28 heavy (non-hydrogen) atoms. The lowest BCUT2D eigenvalue weighted by molar-refractivity contribution is -0.115. The van der Waals surface area contributed by atoms with Crippen molar-refractivity contribution in [1.82, 2.24) is 0 Å². The molecule has 4 rings (SSSR count). The van der Waals surface area contributed by atoms with Crippen LogP contribution < -0.4 is 10.6 Å². The van der Waals surface area contributed by atoms with E-state index < -0.39 is 11.3 Å². The second-order valence-corrected chi connectivity index (χ2v) is 9.32. The van der Waals surface area contributed by atoms with Crippen molar-refractivity contribution in [3.05, 3.63) is 62.9 Å². The number of carbonyl (C=O) groups excluding carboxylic acids is 1. The fraction of sp³-hybridized carbons (Fsp3) is 0.0526. The molecule has 0 saturated carbocycles. The average molecular weight is 496 g/mol. The van der Waals surface area contributed by atoms with Gasteiger partial charge in [-0.15, -0.1) is 11.3 Å². The first-order valence-corrected chi connectivity index (χ1v) is 11.0. The molecule has 9 heteroatoms. The molecule has 142 valence electrons. The van der Waals surface area contributed by atoms with E-state index in [1.54, 1.807) is 29.6 Å². The molecule has 0 aliphatic carbocycles. The maximum atomic E-state index is 12.7.